The van der Waals surface area contributed by atoms with Crippen LogP contribution in [0.2, 0.25) is 0 Å². The minimum Gasteiger partial charge on any atom is -0.398 e. The molecule has 1 atom stereocenters. The molecule has 2 aliphatic carbocycles. The molecule has 2 heterocycles. The van der Waals surface area contributed by atoms with Crippen LogP contribution >= 0.6 is 0 Å². The summed E-state index contributed by atoms with van der Waals surface area (Å²) in [5.41, 5.74) is 12.7. The number of Topliss-reactive ketones (excluding diaryl/α,β-unsaturated/α-hetero) is 2. The molecule has 208 valence electrons. The molecule has 0 radical (unpaired) electrons. The minimum atomic E-state index is -4.42. The highest BCUT2D eigenvalue weighted by molar-refractivity contribution is 6.09. The van der Waals surface area contributed by atoms with Crippen LogP contribution in [-0.4, -0.2) is 27.6 Å². The van der Waals surface area contributed by atoms with E-state index < -0.39 is 29.5 Å². The van der Waals surface area contributed by atoms with E-state index in [2.05, 4.69) is 9.97 Å². The molecule has 0 bridgehead atoms. The van der Waals surface area contributed by atoms with Crippen LogP contribution in [-0.2, 0) is 25.2 Å². The van der Waals surface area contributed by atoms with Gasteiger partial charge in [0.15, 0.2) is 11.6 Å². The SMILES string of the molecule is NC1CCc2nc3cc(C(F)(F)F)ccc3cc2C1=O.Nc1c2c(nc3cc(C(F)(F)F)ccc13)CCCC2=O. The second kappa shape index (κ2) is 9.84. The summed E-state index contributed by atoms with van der Waals surface area (Å²) in [6.07, 6.45) is -6.21. The molecule has 6 rings (SSSR count). The summed E-state index contributed by atoms with van der Waals surface area (Å²) in [5.74, 6) is -0.279. The molecule has 2 aromatic carbocycles. The normalized spacial score (nSPS) is 17.3. The van der Waals surface area contributed by atoms with Crippen molar-refractivity contribution in [1.82, 2.24) is 9.97 Å². The third kappa shape index (κ3) is 5.10. The Morgan fingerprint density at radius 1 is 0.775 bits per heavy atom. The summed E-state index contributed by atoms with van der Waals surface area (Å²) in [5, 5.41) is 0.909. The number of ketones is 2. The maximum atomic E-state index is 12.7. The molecule has 0 saturated heterocycles. The van der Waals surface area contributed by atoms with Gasteiger partial charge in [0, 0.05) is 22.8 Å². The summed E-state index contributed by atoms with van der Waals surface area (Å²) >= 11 is 0. The summed E-state index contributed by atoms with van der Waals surface area (Å²) in [6, 6.07) is 7.58. The monoisotopic (exact) mass is 560 g/mol. The zero-order valence-corrected chi connectivity index (χ0v) is 20.8. The lowest BCUT2D eigenvalue weighted by molar-refractivity contribution is -0.138. The number of aryl methyl sites for hydroxylation is 2. The minimum absolute atomic E-state index is 0.0851. The average molecular weight is 560 g/mol. The van der Waals surface area contributed by atoms with E-state index in [9.17, 15) is 35.9 Å². The van der Waals surface area contributed by atoms with Crippen LogP contribution in [0.25, 0.3) is 21.8 Å². The fraction of sp³-hybridized carbons (Fsp3) is 0.286. The molecule has 2 aromatic heterocycles. The molecule has 0 amide bonds. The van der Waals surface area contributed by atoms with Crippen molar-refractivity contribution in [1.29, 1.82) is 0 Å². The predicted molar refractivity (Wildman–Crippen MR) is 136 cm³/mol. The van der Waals surface area contributed by atoms with Gasteiger partial charge in [-0.2, -0.15) is 26.3 Å². The lowest BCUT2D eigenvalue weighted by atomic mass is 9.90. The fourth-order valence-electron chi connectivity index (χ4n) is 4.96. The number of hydrogen-bond donors (Lipinski definition) is 2. The molecule has 0 spiro atoms. The number of alkyl halides is 6. The Hall–Kier alpha value is -4.06. The quantitative estimate of drug-likeness (QED) is 0.253. The molecule has 12 heteroatoms. The maximum Gasteiger partial charge on any atom is 0.416 e. The zero-order chi connectivity index (χ0) is 29.0. The molecule has 2 aliphatic rings. The number of nitrogen functional groups attached to an aromatic ring is 1. The van der Waals surface area contributed by atoms with Crippen molar-refractivity contribution in [3.63, 3.8) is 0 Å². The summed E-state index contributed by atoms with van der Waals surface area (Å²) < 4.78 is 76.1. The predicted octanol–water partition coefficient (Wildman–Crippen LogP) is 6.06. The van der Waals surface area contributed by atoms with Gasteiger partial charge >= 0.3 is 12.4 Å². The van der Waals surface area contributed by atoms with Crippen molar-refractivity contribution in [2.24, 2.45) is 5.73 Å². The van der Waals surface area contributed by atoms with E-state index >= 15 is 0 Å². The van der Waals surface area contributed by atoms with Crippen LogP contribution in [0, 0.1) is 0 Å². The van der Waals surface area contributed by atoms with Gasteiger partial charge in [-0.25, -0.2) is 0 Å². The largest absolute Gasteiger partial charge is 0.416 e. The number of rotatable bonds is 0. The smallest absolute Gasteiger partial charge is 0.398 e. The van der Waals surface area contributed by atoms with Crippen molar-refractivity contribution >= 4 is 39.1 Å². The van der Waals surface area contributed by atoms with Crippen molar-refractivity contribution in [2.75, 3.05) is 5.73 Å². The third-order valence-electron chi connectivity index (χ3n) is 7.04. The Balaban J connectivity index is 0.000000161. The third-order valence-corrected chi connectivity index (χ3v) is 7.04. The summed E-state index contributed by atoms with van der Waals surface area (Å²) in [7, 11) is 0. The molecule has 6 nitrogen and oxygen atoms in total. The standard InChI is InChI=1S/2C14H11F3N2O/c15-14(16,17)8-2-1-7-5-9-11(19-12(7)6-8)4-3-10(18)13(9)20;15-14(16,17)7-4-5-8-10(6-7)19-9-2-1-3-11(20)12(9)13(8)18/h1-2,5-6,10H,3-4,18H2;4-6H,1-3H2,(H2,18,19). The molecule has 4 aromatic rings. The van der Waals surface area contributed by atoms with Gasteiger partial charge in [-0.15, -0.1) is 0 Å². The van der Waals surface area contributed by atoms with Crippen molar-refractivity contribution in [3.05, 3.63) is 76.1 Å². The number of benzene rings is 2. The average Bonchev–Trinajstić information content (AvgIpc) is 2.89. The topological polar surface area (TPSA) is 112 Å². The van der Waals surface area contributed by atoms with E-state index in [-0.39, 0.29) is 28.3 Å². The Kier molecular flexibility index (Phi) is 6.77. The van der Waals surface area contributed by atoms with Crippen LogP contribution < -0.4 is 11.5 Å². The van der Waals surface area contributed by atoms with Crippen molar-refractivity contribution in [2.45, 2.75) is 50.5 Å². The number of nitrogens with zero attached hydrogens (tertiary/aromatic N) is 2. The fourth-order valence-corrected chi connectivity index (χ4v) is 4.96. The first-order chi connectivity index (χ1) is 18.7. The Bertz CT molecular complexity index is 1680. The molecule has 0 aliphatic heterocycles. The molecule has 40 heavy (non-hydrogen) atoms. The zero-order valence-electron chi connectivity index (χ0n) is 20.8. The molecular weight excluding hydrogens is 538 g/mol. The number of pyridine rings is 2. The summed E-state index contributed by atoms with van der Waals surface area (Å²) in [4.78, 5) is 32.2. The second-order valence-electron chi connectivity index (χ2n) is 9.75. The number of aromatic nitrogens is 2. The highest BCUT2D eigenvalue weighted by Gasteiger charge is 2.33. The highest BCUT2D eigenvalue weighted by atomic mass is 19.4. The summed E-state index contributed by atoms with van der Waals surface area (Å²) in [6.45, 7) is 0. The highest BCUT2D eigenvalue weighted by Crippen LogP contribution is 2.36. The van der Waals surface area contributed by atoms with Gasteiger partial charge in [-0.1, -0.05) is 12.1 Å². The van der Waals surface area contributed by atoms with Gasteiger partial charge in [0.2, 0.25) is 0 Å². The van der Waals surface area contributed by atoms with E-state index in [1.165, 1.54) is 12.1 Å². The second-order valence-corrected chi connectivity index (χ2v) is 9.75. The number of anilines is 1. The van der Waals surface area contributed by atoms with Gasteiger partial charge in [-0.05, 0) is 56.0 Å². The van der Waals surface area contributed by atoms with E-state index in [1.54, 1.807) is 6.07 Å². The number of halogens is 6. The van der Waals surface area contributed by atoms with Gasteiger partial charge in [0.25, 0.3) is 0 Å². The first-order valence-electron chi connectivity index (χ1n) is 12.4. The van der Waals surface area contributed by atoms with Gasteiger partial charge in [0.1, 0.15) is 0 Å². The van der Waals surface area contributed by atoms with Crippen molar-refractivity contribution < 1.29 is 35.9 Å². The molecule has 1 unspecified atom stereocenters. The van der Waals surface area contributed by atoms with E-state index in [0.29, 0.717) is 65.4 Å². The van der Waals surface area contributed by atoms with Gasteiger partial charge in [0.05, 0.1) is 50.8 Å². The number of nitrogens with two attached hydrogens (primary N) is 2. The number of carbonyl (C=O) groups excluding carboxylic acids is 2. The van der Waals surface area contributed by atoms with Crippen LogP contribution in [0.1, 0.15) is 62.5 Å². The Labute approximate surface area is 223 Å². The van der Waals surface area contributed by atoms with E-state index in [0.717, 1.165) is 24.3 Å². The lowest BCUT2D eigenvalue weighted by Crippen LogP contribution is -2.35. The van der Waals surface area contributed by atoms with Crippen molar-refractivity contribution in [3.8, 4) is 0 Å². The molecule has 0 saturated carbocycles. The van der Waals surface area contributed by atoms with E-state index in [1.807, 2.05) is 0 Å². The van der Waals surface area contributed by atoms with E-state index in [4.69, 9.17) is 11.5 Å². The van der Waals surface area contributed by atoms with Crippen LogP contribution in [0.4, 0.5) is 32.0 Å². The maximum absolute atomic E-state index is 12.7. The van der Waals surface area contributed by atoms with Gasteiger partial charge in [-0.3, -0.25) is 19.6 Å². The number of carbonyl (C=O) groups is 2. The van der Waals surface area contributed by atoms with Gasteiger partial charge < -0.3 is 11.5 Å². The number of fused-ring (bicyclic) bond motifs is 4. The molecule has 4 N–H and O–H groups in total. The Morgan fingerprint density at radius 3 is 2.08 bits per heavy atom. The first kappa shape index (κ1) is 27.5. The van der Waals surface area contributed by atoms with Crippen LogP contribution in [0.5, 0.6) is 0 Å². The number of hydrogen-bond acceptors (Lipinski definition) is 6. The van der Waals surface area contributed by atoms with Crippen LogP contribution in [0.3, 0.4) is 0 Å². The van der Waals surface area contributed by atoms with Crippen LogP contribution in [0.15, 0.2) is 42.5 Å². The lowest BCUT2D eigenvalue weighted by Gasteiger charge is -2.20. The molecule has 0 fully saturated rings. The first-order valence-corrected chi connectivity index (χ1v) is 12.4. The molecular formula is C28H22F6N4O2. The Morgan fingerprint density at radius 2 is 1.40 bits per heavy atom.